The van der Waals surface area contributed by atoms with E-state index in [1.54, 1.807) is 34.8 Å². The van der Waals surface area contributed by atoms with Crippen molar-refractivity contribution in [1.29, 1.82) is 0 Å². The average molecular weight is 376 g/mol. The van der Waals surface area contributed by atoms with Crippen molar-refractivity contribution in [2.24, 2.45) is 0 Å². The van der Waals surface area contributed by atoms with Crippen LogP contribution in [0.5, 0.6) is 0 Å². The zero-order valence-corrected chi connectivity index (χ0v) is 15.0. The zero-order valence-electron chi connectivity index (χ0n) is 13.3. The van der Waals surface area contributed by atoms with E-state index in [9.17, 15) is 8.78 Å². The Morgan fingerprint density at radius 2 is 1.00 bits per heavy atom. The number of rotatable bonds is 0. The Balaban J connectivity index is 1.85. The lowest BCUT2D eigenvalue weighted by atomic mass is 9.96. The summed E-state index contributed by atoms with van der Waals surface area (Å²) >= 11 is 3.18. The molecule has 0 amide bonds. The Bertz CT molecular complexity index is 1160. The lowest BCUT2D eigenvalue weighted by Crippen LogP contribution is -1.94. The van der Waals surface area contributed by atoms with E-state index in [1.165, 1.54) is 12.1 Å². The van der Waals surface area contributed by atoms with Crippen molar-refractivity contribution in [2.75, 3.05) is 0 Å². The van der Waals surface area contributed by atoms with E-state index in [1.807, 2.05) is 35.0 Å². The van der Waals surface area contributed by atoms with Crippen molar-refractivity contribution in [3.8, 4) is 22.3 Å². The fraction of sp³-hybridized carbons (Fsp3) is 0. The molecule has 0 spiro atoms. The van der Waals surface area contributed by atoms with E-state index in [0.717, 1.165) is 43.2 Å². The highest BCUT2D eigenvalue weighted by Gasteiger charge is 2.36. The van der Waals surface area contributed by atoms with Gasteiger partial charge in [-0.05, 0) is 46.2 Å². The highest BCUT2D eigenvalue weighted by Crippen LogP contribution is 2.57. The molecule has 2 aromatic heterocycles. The molecule has 0 aliphatic heterocycles. The molecule has 6 rings (SSSR count). The van der Waals surface area contributed by atoms with Gasteiger partial charge in [0.05, 0.1) is 0 Å². The van der Waals surface area contributed by atoms with Gasteiger partial charge in [-0.2, -0.15) is 0 Å². The number of halogens is 2. The minimum Gasteiger partial charge on any atom is -0.206 e. The van der Waals surface area contributed by atoms with Gasteiger partial charge in [0.25, 0.3) is 0 Å². The fourth-order valence-corrected chi connectivity index (χ4v) is 6.07. The molecule has 0 saturated heterocycles. The number of hydrogen-bond acceptors (Lipinski definition) is 2. The van der Waals surface area contributed by atoms with E-state index in [-0.39, 0.29) is 11.6 Å². The van der Waals surface area contributed by atoms with Gasteiger partial charge in [-0.25, -0.2) is 8.78 Å². The van der Waals surface area contributed by atoms with E-state index in [2.05, 4.69) is 0 Å². The maximum Gasteiger partial charge on any atom is 0.131 e. The van der Waals surface area contributed by atoms with Crippen LogP contribution < -0.4 is 0 Å². The summed E-state index contributed by atoms with van der Waals surface area (Å²) in [6.07, 6.45) is 0. The summed E-state index contributed by atoms with van der Waals surface area (Å²) in [7, 11) is 0. The van der Waals surface area contributed by atoms with Crippen molar-refractivity contribution in [2.45, 2.75) is 0 Å². The summed E-state index contributed by atoms with van der Waals surface area (Å²) in [5.74, 6) is -0.507. The quantitative estimate of drug-likeness (QED) is 0.266. The third kappa shape index (κ3) is 1.66. The molecule has 4 heteroatoms. The molecule has 4 aromatic rings. The standard InChI is InChI=1S/C22H10F2S2/c23-15-5-1-3-11-13-7-9-25-21(13)19(17(11)15)20-18-12(4-2-6-16(18)24)14-8-10-26-22(14)20/h1-10H/b20-19+. The van der Waals surface area contributed by atoms with Crippen LogP contribution >= 0.6 is 22.7 Å². The highest BCUT2D eigenvalue weighted by atomic mass is 32.1. The molecule has 0 fully saturated rings. The van der Waals surface area contributed by atoms with E-state index >= 15 is 0 Å². The molecule has 2 heterocycles. The van der Waals surface area contributed by atoms with Crippen LogP contribution in [0.15, 0.2) is 59.3 Å². The smallest absolute Gasteiger partial charge is 0.131 e. The van der Waals surface area contributed by atoms with E-state index < -0.39 is 0 Å². The van der Waals surface area contributed by atoms with Crippen molar-refractivity contribution >= 4 is 33.8 Å². The van der Waals surface area contributed by atoms with Crippen LogP contribution in [0.25, 0.3) is 33.4 Å². The van der Waals surface area contributed by atoms with Crippen LogP contribution in [0, 0.1) is 11.6 Å². The third-order valence-corrected chi connectivity index (χ3v) is 7.01. The molecular weight excluding hydrogens is 366 g/mol. The molecule has 0 nitrogen and oxygen atoms in total. The number of hydrogen-bond donors (Lipinski definition) is 0. The van der Waals surface area contributed by atoms with Gasteiger partial charge in [0.1, 0.15) is 11.6 Å². The van der Waals surface area contributed by atoms with Gasteiger partial charge in [-0.15, -0.1) is 22.7 Å². The first-order chi connectivity index (χ1) is 12.8. The summed E-state index contributed by atoms with van der Waals surface area (Å²) in [5.41, 5.74) is 6.72. The van der Waals surface area contributed by atoms with Gasteiger partial charge in [-0.3, -0.25) is 0 Å². The van der Waals surface area contributed by atoms with Crippen LogP contribution in [0.3, 0.4) is 0 Å². The molecule has 0 N–H and O–H groups in total. The van der Waals surface area contributed by atoms with Crippen molar-refractivity contribution < 1.29 is 8.78 Å². The maximum atomic E-state index is 14.9. The van der Waals surface area contributed by atoms with Crippen LogP contribution in [0.1, 0.15) is 20.9 Å². The maximum absolute atomic E-state index is 14.9. The second-order valence-electron chi connectivity index (χ2n) is 6.40. The zero-order chi connectivity index (χ0) is 17.4. The Labute approximate surface area is 156 Å². The first kappa shape index (κ1) is 14.6. The molecule has 0 radical (unpaired) electrons. The summed E-state index contributed by atoms with van der Waals surface area (Å²) in [5, 5.41) is 4.04. The highest BCUT2D eigenvalue weighted by molar-refractivity contribution is 7.13. The lowest BCUT2D eigenvalue weighted by molar-refractivity contribution is 0.623. The molecular formula is C22H10F2S2. The first-order valence-corrected chi connectivity index (χ1v) is 10.00. The van der Waals surface area contributed by atoms with Gasteiger partial charge in [-0.1, -0.05) is 24.3 Å². The summed E-state index contributed by atoms with van der Waals surface area (Å²) < 4.78 is 29.8. The lowest BCUT2D eigenvalue weighted by Gasteiger charge is -2.11. The first-order valence-electron chi connectivity index (χ1n) is 8.24. The second-order valence-corrected chi connectivity index (χ2v) is 8.23. The summed E-state index contributed by atoms with van der Waals surface area (Å²) in [6.45, 7) is 0. The number of thiophene rings is 2. The van der Waals surface area contributed by atoms with Crippen LogP contribution in [-0.4, -0.2) is 0 Å². The Kier molecular flexibility index (Phi) is 2.80. The molecule has 124 valence electrons. The monoisotopic (exact) mass is 376 g/mol. The Morgan fingerprint density at radius 3 is 1.46 bits per heavy atom. The van der Waals surface area contributed by atoms with Crippen molar-refractivity contribution in [1.82, 2.24) is 0 Å². The molecule has 2 aliphatic carbocycles. The van der Waals surface area contributed by atoms with Crippen LogP contribution in [0.4, 0.5) is 8.78 Å². The van der Waals surface area contributed by atoms with Crippen LogP contribution in [-0.2, 0) is 0 Å². The molecule has 26 heavy (non-hydrogen) atoms. The molecule has 0 atom stereocenters. The predicted molar refractivity (Wildman–Crippen MR) is 104 cm³/mol. The van der Waals surface area contributed by atoms with Gasteiger partial charge in [0.15, 0.2) is 0 Å². The summed E-state index contributed by atoms with van der Waals surface area (Å²) in [4.78, 5) is 2.05. The van der Waals surface area contributed by atoms with E-state index in [4.69, 9.17) is 0 Å². The van der Waals surface area contributed by atoms with E-state index in [0.29, 0.717) is 11.1 Å². The Hall–Kier alpha value is -2.56. The fourth-order valence-electron chi connectivity index (χ4n) is 4.14. The topological polar surface area (TPSA) is 0 Å². The minimum atomic E-state index is -0.253. The average Bonchev–Trinajstić information content (AvgIpc) is 3.36. The molecule has 0 saturated carbocycles. The second kappa shape index (κ2) is 5.00. The van der Waals surface area contributed by atoms with Gasteiger partial charge in [0, 0.05) is 43.2 Å². The van der Waals surface area contributed by atoms with Gasteiger partial charge < -0.3 is 0 Å². The van der Waals surface area contributed by atoms with Crippen LogP contribution in [0.2, 0.25) is 0 Å². The molecule has 0 bridgehead atoms. The number of benzene rings is 2. The minimum absolute atomic E-state index is 0.253. The summed E-state index contributed by atoms with van der Waals surface area (Å²) in [6, 6.07) is 14.4. The number of fused-ring (bicyclic) bond motifs is 6. The SMILES string of the molecule is Fc1cccc2c1/C(=C1\c3sccc3-c3cccc(F)c31)c1sccc1-2. The van der Waals surface area contributed by atoms with Crippen molar-refractivity contribution in [3.63, 3.8) is 0 Å². The third-order valence-electron chi connectivity index (χ3n) is 5.14. The molecule has 0 unspecified atom stereocenters. The van der Waals surface area contributed by atoms with Gasteiger partial charge >= 0.3 is 0 Å². The molecule has 2 aliphatic rings. The largest absolute Gasteiger partial charge is 0.206 e. The Morgan fingerprint density at radius 1 is 0.538 bits per heavy atom. The molecule has 2 aromatic carbocycles. The normalized spacial score (nSPS) is 16.4. The predicted octanol–water partition coefficient (Wildman–Crippen LogP) is 7.06. The van der Waals surface area contributed by atoms with Crippen molar-refractivity contribution in [3.05, 3.63) is 91.8 Å². The van der Waals surface area contributed by atoms with Gasteiger partial charge in [0.2, 0.25) is 0 Å².